The summed E-state index contributed by atoms with van der Waals surface area (Å²) < 4.78 is 17.0. The molecule has 2 heterocycles. The van der Waals surface area contributed by atoms with Crippen LogP contribution in [0.4, 0.5) is 5.82 Å². The first-order valence-corrected chi connectivity index (χ1v) is 7.85. The Hall–Kier alpha value is -2.43. The van der Waals surface area contributed by atoms with Gasteiger partial charge in [-0.25, -0.2) is 4.98 Å². The molecule has 1 aliphatic rings. The Labute approximate surface area is 136 Å². The van der Waals surface area contributed by atoms with E-state index in [4.69, 9.17) is 14.2 Å². The molecule has 0 spiro atoms. The monoisotopic (exact) mass is 314 g/mol. The molecule has 1 saturated heterocycles. The zero-order valence-corrected chi connectivity index (χ0v) is 13.6. The summed E-state index contributed by atoms with van der Waals surface area (Å²) in [5.74, 6) is 3.13. The quantitative estimate of drug-likeness (QED) is 0.848. The highest BCUT2D eigenvalue weighted by Crippen LogP contribution is 2.38. The van der Waals surface area contributed by atoms with Crippen molar-refractivity contribution in [2.75, 3.05) is 32.2 Å². The van der Waals surface area contributed by atoms with E-state index in [0.717, 1.165) is 31.7 Å². The lowest BCUT2D eigenvalue weighted by molar-refractivity contribution is 0.158. The molecule has 0 N–H and O–H groups in total. The molecule has 0 unspecified atom stereocenters. The van der Waals surface area contributed by atoms with Gasteiger partial charge in [0.25, 0.3) is 0 Å². The van der Waals surface area contributed by atoms with E-state index in [-0.39, 0.29) is 6.10 Å². The van der Waals surface area contributed by atoms with Gasteiger partial charge >= 0.3 is 0 Å². The van der Waals surface area contributed by atoms with Crippen LogP contribution in [0.15, 0.2) is 42.6 Å². The van der Waals surface area contributed by atoms with E-state index >= 15 is 0 Å². The molecule has 23 heavy (non-hydrogen) atoms. The Morgan fingerprint density at radius 1 is 0.957 bits per heavy atom. The fraction of sp³-hybridized carbons (Fsp3) is 0.389. The Bertz CT molecular complexity index is 603. The minimum Gasteiger partial charge on any atom is -0.493 e. The van der Waals surface area contributed by atoms with Crippen molar-refractivity contribution < 1.29 is 14.2 Å². The number of hydrogen-bond donors (Lipinski definition) is 0. The number of rotatable bonds is 5. The van der Waals surface area contributed by atoms with E-state index in [9.17, 15) is 0 Å². The summed E-state index contributed by atoms with van der Waals surface area (Å²) in [7, 11) is 3.29. The third-order valence-electron chi connectivity index (χ3n) is 4.08. The van der Waals surface area contributed by atoms with Crippen molar-refractivity contribution in [1.82, 2.24) is 4.98 Å². The highest BCUT2D eigenvalue weighted by molar-refractivity contribution is 5.51. The Morgan fingerprint density at radius 3 is 2.22 bits per heavy atom. The van der Waals surface area contributed by atoms with Crippen molar-refractivity contribution in [1.29, 1.82) is 0 Å². The molecule has 0 bridgehead atoms. The number of para-hydroxylation sites is 1. The zero-order valence-electron chi connectivity index (χ0n) is 13.6. The lowest BCUT2D eigenvalue weighted by atomic mass is 10.1. The number of methoxy groups -OCH3 is 2. The van der Waals surface area contributed by atoms with E-state index < -0.39 is 0 Å². The Balaban J connectivity index is 1.65. The molecule has 5 nitrogen and oxygen atoms in total. The maximum atomic E-state index is 6.19. The van der Waals surface area contributed by atoms with Crippen molar-refractivity contribution in [3.8, 4) is 17.2 Å². The van der Waals surface area contributed by atoms with Crippen LogP contribution in [0.25, 0.3) is 0 Å². The highest BCUT2D eigenvalue weighted by Gasteiger charge is 2.23. The van der Waals surface area contributed by atoms with Crippen LogP contribution in [-0.4, -0.2) is 38.4 Å². The second kappa shape index (κ2) is 7.22. The van der Waals surface area contributed by atoms with Crippen molar-refractivity contribution in [2.45, 2.75) is 18.9 Å². The SMILES string of the molecule is COc1cccc(OC)c1OC1CCN(c2ccccn2)CC1. The van der Waals surface area contributed by atoms with E-state index in [1.165, 1.54) is 0 Å². The summed E-state index contributed by atoms with van der Waals surface area (Å²) in [5.41, 5.74) is 0. The minimum atomic E-state index is 0.153. The first-order valence-electron chi connectivity index (χ1n) is 7.85. The number of pyridine rings is 1. The maximum Gasteiger partial charge on any atom is 0.203 e. The molecule has 0 saturated carbocycles. The second-order valence-corrected chi connectivity index (χ2v) is 5.48. The standard InChI is InChI=1S/C18H22N2O3/c1-21-15-6-5-7-16(22-2)18(15)23-14-9-12-20(13-10-14)17-8-3-4-11-19-17/h3-8,11,14H,9-10,12-13H2,1-2H3. The summed E-state index contributed by atoms with van der Waals surface area (Å²) in [6.07, 6.45) is 3.87. The summed E-state index contributed by atoms with van der Waals surface area (Å²) >= 11 is 0. The average Bonchev–Trinajstić information content (AvgIpc) is 2.63. The van der Waals surface area contributed by atoms with Crippen LogP contribution in [0, 0.1) is 0 Å². The summed E-state index contributed by atoms with van der Waals surface area (Å²) in [6, 6.07) is 11.7. The second-order valence-electron chi connectivity index (χ2n) is 5.48. The lowest BCUT2D eigenvalue weighted by Gasteiger charge is -2.33. The molecule has 2 aromatic rings. The van der Waals surface area contributed by atoms with Crippen molar-refractivity contribution in [2.24, 2.45) is 0 Å². The van der Waals surface area contributed by atoms with Gasteiger partial charge in [-0.2, -0.15) is 0 Å². The maximum absolute atomic E-state index is 6.19. The third kappa shape index (κ3) is 3.50. The predicted octanol–water partition coefficient (Wildman–Crippen LogP) is 3.15. The van der Waals surface area contributed by atoms with Crippen LogP contribution < -0.4 is 19.1 Å². The Kier molecular flexibility index (Phi) is 4.86. The summed E-state index contributed by atoms with van der Waals surface area (Å²) in [4.78, 5) is 6.70. The molecule has 1 aliphatic heterocycles. The summed E-state index contributed by atoms with van der Waals surface area (Å²) in [6.45, 7) is 1.86. The number of anilines is 1. The smallest absolute Gasteiger partial charge is 0.203 e. The Morgan fingerprint density at radius 2 is 1.65 bits per heavy atom. The molecule has 1 fully saturated rings. The van der Waals surface area contributed by atoms with Gasteiger partial charge in [-0.15, -0.1) is 0 Å². The normalized spacial score (nSPS) is 15.3. The number of aromatic nitrogens is 1. The lowest BCUT2D eigenvalue weighted by Crippen LogP contribution is -2.38. The molecule has 0 aliphatic carbocycles. The van der Waals surface area contributed by atoms with Gasteiger partial charge in [0, 0.05) is 32.1 Å². The third-order valence-corrected chi connectivity index (χ3v) is 4.08. The van der Waals surface area contributed by atoms with E-state index in [1.807, 2.05) is 42.6 Å². The van der Waals surface area contributed by atoms with E-state index in [0.29, 0.717) is 17.2 Å². The van der Waals surface area contributed by atoms with Crippen LogP contribution in [-0.2, 0) is 0 Å². The molecule has 0 radical (unpaired) electrons. The molecule has 0 atom stereocenters. The van der Waals surface area contributed by atoms with Gasteiger partial charge in [0.1, 0.15) is 11.9 Å². The van der Waals surface area contributed by atoms with Gasteiger partial charge in [0.05, 0.1) is 14.2 Å². The van der Waals surface area contributed by atoms with E-state index in [1.54, 1.807) is 14.2 Å². The zero-order chi connectivity index (χ0) is 16.1. The fourth-order valence-electron chi connectivity index (χ4n) is 2.84. The van der Waals surface area contributed by atoms with Gasteiger partial charge in [-0.3, -0.25) is 0 Å². The van der Waals surface area contributed by atoms with Gasteiger partial charge in [0.2, 0.25) is 5.75 Å². The molecule has 1 aromatic carbocycles. The predicted molar refractivity (Wildman–Crippen MR) is 89.6 cm³/mol. The van der Waals surface area contributed by atoms with Crippen LogP contribution in [0.5, 0.6) is 17.2 Å². The first kappa shape index (κ1) is 15.5. The van der Waals surface area contributed by atoms with Crippen molar-refractivity contribution >= 4 is 5.82 Å². The fourth-order valence-corrected chi connectivity index (χ4v) is 2.84. The van der Waals surface area contributed by atoms with E-state index in [2.05, 4.69) is 9.88 Å². The minimum absolute atomic E-state index is 0.153. The van der Waals surface area contributed by atoms with Crippen LogP contribution in [0.1, 0.15) is 12.8 Å². The van der Waals surface area contributed by atoms with Crippen LogP contribution in [0.3, 0.4) is 0 Å². The molecule has 1 aromatic heterocycles. The number of hydrogen-bond acceptors (Lipinski definition) is 5. The van der Waals surface area contributed by atoms with Gasteiger partial charge < -0.3 is 19.1 Å². The van der Waals surface area contributed by atoms with Crippen LogP contribution >= 0.6 is 0 Å². The largest absolute Gasteiger partial charge is 0.493 e. The number of benzene rings is 1. The van der Waals surface area contributed by atoms with Gasteiger partial charge in [-0.1, -0.05) is 12.1 Å². The molecule has 3 rings (SSSR count). The van der Waals surface area contributed by atoms with Gasteiger partial charge in [-0.05, 0) is 24.3 Å². The van der Waals surface area contributed by atoms with Crippen molar-refractivity contribution in [3.63, 3.8) is 0 Å². The molecule has 5 heteroatoms. The number of ether oxygens (including phenoxy) is 3. The summed E-state index contributed by atoms with van der Waals surface area (Å²) in [5, 5.41) is 0. The molecular formula is C18H22N2O3. The number of nitrogens with zero attached hydrogens (tertiary/aromatic N) is 2. The molecule has 122 valence electrons. The van der Waals surface area contributed by atoms with Crippen molar-refractivity contribution in [3.05, 3.63) is 42.6 Å². The van der Waals surface area contributed by atoms with Gasteiger partial charge in [0.15, 0.2) is 11.5 Å². The highest BCUT2D eigenvalue weighted by atomic mass is 16.5. The topological polar surface area (TPSA) is 43.8 Å². The van der Waals surface area contributed by atoms with Crippen LogP contribution in [0.2, 0.25) is 0 Å². The average molecular weight is 314 g/mol. The number of piperidine rings is 1. The first-order chi connectivity index (χ1) is 11.3. The molecule has 0 amide bonds. The molecular weight excluding hydrogens is 292 g/mol.